The van der Waals surface area contributed by atoms with Crippen LogP contribution in [-0.4, -0.2) is 64.2 Å². The van der Waals surface area contributed by atoms with Crippen LogP contribution in [0.2, 0.25) is 0 Å². The third-order valence-electron chi connectivity index (χ3n) is 5.47. The summed E-state index contributed by atoms with van der Waals surface area (Å²) in [6.45, 7) is 4.09. The van der Waals surface area contributed by atoms with Crippen LogP contribution in [0.5, 0.6) is 0 Å². The van der Waals surface area contributed by atoms with E-state index in [4.69, 9.17) is 4.74 Å². The van der Waals surface area contributed by atoms with Gasteiger partial charge in [-0.25, -0.2) is 4.98 Å². The molecule has 28 heavy (non-hydrogen) atoms. The Morgan fingerprint density at radius 2 is 2.18 bits per heavy atom. The van der Waals surface area contributed by atoms with Gasteiger partial charge in [0, 0.05) is 32.2 Å². The number of thiophene rings is 1. The van der Waals surface area contributed by atoms with Gasteiger partial charge in [0.25, 0.3) is 0 Å². The molecule has 0 spiro atoms. The van der Waals surface area contributed by atoms with E-state index in [2.05, 4.69) is 20.5 Å². The summed E-state index contributed by atoms with van der Waals surface area (Å²) in [4.78, 5) is 31.8. The van der Waals surface area contributed by atoms with Gasteiger partial charge in [0.1, 0.15) is 5.82 Å². The Morgan fingerprint density at radius 1 is 1.36 bits per heavy atom. The van der Waals surface area contributed by atoms with Gasteiger partial charge in [-0.15, -0.1) is 0 Å². The standard InChI is InChI=1S/C19H25N5O3S/c1-12-20-18(23-22-12)15-9-24(17(25)8-13-4-7-28-11-13)10-16(15)21-19(26)14-2-5-27-6-3-14/h4,7,11,14-16H,2-3,5-6,8-10H2,1H3,(H,21,26)(H,20,22,23)/t15-,16-/m1/s1. The number of aryl methyl sites for hydroxylation is 1. The number of H-pyrrole nitrogens is 1. The Balaban J connectivity index is 1.46. The third kappa shape index (κ3) is 4.25. The quantitative estimate of drug-likeness (QED) is 0.783. The molecule has 2 aromatic rings. The summed E-state index contributed by atoms with van der Waals surface area (Å²) in [6.07, 6.45) is 1.86. The number of carbonyl (C=O) groups is 2. The molecule has 0 saturated carbocycles. The first-order chi connectivity index (χ1) is 13.6. The maximum absolute atomic E-state index is 12.8. The summed E-state index contributed by atoms with van der Waals surface area (Å²) in [5.74, 6) is 1.35. The molecular weight excluding hydrogens is 378 g/mol. The minimum Gasteiger partial charge on any atom is -0.381 e. The summed E-state index contributed by atoms with van der Waals surface area (Å²) < 4.78 is 5.36. The number of hydrogen-bond donors (Lipinski definition) is 2. The number of amides is 2. The normalized spacial score (nSPS) is 23.1. The second-order valence-corrected chi connectivity index (χ2v) is 8.27. The van der Waals surface area contributed by atoms with Crippen molar-refractivity contribution in [1.82, 2.24) is 25.4 Å². The maximum atomic E-state index is 12.8. The number of aromatic nitrogens is 3. The van der Waals surface area contributed by atoms with Crippen LogP contribution in [0.15, 0.2) is 16.8 Å². The van der Waals surface area contributed by atoms with Crippen LogP contribution >= 0.6 is 11.3 Å². The van der Waals surface area contributed by atoms with E-state index in [0.717, 1.165) is 24.2 Å². The first kappa shape index (κ1) is 19.1. The van der Waals surface area contributed by atoms with Gasteiger partial charge in [0.2, 0.25) is 11.8 Å². The Morgan fingerprint density at radius 3 is 2.86 bits per heavy atom. The van der Waals surface area contributed by atoms with Crippen LogP contribution in [0, 0.1) is 12.8 Å². The van der Waals surface area contributed by atoms with E-state index in [-0.39, 0.29) is 29.7 Å². The van der Waals surface area contributed by atoms with Gasteiger partial charge in [0.15, 0.2) is 5.82 Å². The molecule has 2 amide bonds. The Kier molecular flexibility index (Phi) is 5.72. The van der Waals surface area contributed by atoms with E-state index in [9.17, 15) is 9.59 Å². The van der Waals surface area contributed by atoms with Crippen LogP contribution in [0.4, 0.5) is 0 Å². The smallest absolute Gasteiger partial charge is 0.227 e. The Labute approximate surface area is 167 Å². The van der Waals surface area contributed by atoms with Gasteiger partial charge in [0.05, 0.1) is 18.4 Å². The minimum absolute atomic E-state index is 0.0289. The second-order valence-electron chi connectivity index (χ2n) is 7.49. The molecule has 150 valence electrons. The number of likely N-dealkylation sites (tertiary alicyclic amines) is 1. The lowest BCUT2D eigenvalue weighted by atomic mass is 9.97. The molecule has 2 fully saturated rings. The molecule has 2 aliphatic heterocycles. The first-order valence-corrected chi connectivity index (χ1v) is 10.6. The predicted molar refractivity (Wildman–Crippen MR) is 104 cm³/mol. The van der Waals surface area contributed by atoms with Crippen LogP contribution < -0.4 is 5.32 Å². The van der Waals surface area contributed by atoms with Crippen LogP contribution in [0.3, 0.4) is 0 Å². The van der Waals surface area contributed by atoms with Gasteiger partial charge >= 0.3 is 0 Å². The van der Waals surface area contributed by atoms with E-state index < -0.39 is 0 Å². The SMILES string of the molecule is Cc1nc([C@@H]2CN(C(=O)Cc3ccsc3)C[C@H]2NC(=O)C2CCOCC2)n[nH]1. The highest BCUT2D eigenvalue weighted by Crippen LogP contribution is 2.27. The van der Waals surface area contributed by atoms with Crippen molar-refractivity contribution in [3.05, 3.63) is 34.0 Å². The molecule has 2 saturated heterocycles. The number of hydrogen-bond acceptors (Lipinski definition) is 6. The zero-order chi connectivity index (χ0) is 19.5. The highest BCUT2D eigenvalue weighted by Gasteiger charge is 2.40. The fraction of sp³-hybridized carbons (Fsp3) is 0.579. The second kappa shape index (κ2) is 8.40. The number of nitrogens with zero attached hydrogens (tertiary/aromatic N) is 3. The number of aromatic amines is 1. The van der Waals surface area contributed by atoms with E-state index in [1.54, 1.807) is 11.3 Å². The van der Waals surface area contributed by atoms with Crippen molar-refractivity contribution in [1.29, 1.82) is 0 Å². The minimum atomic E-state index is -0.183. The molecule has 2 atom stereocenters. The van der Waals surface area contributed by atoms with Crippen LogP contribution in [0.1, 0.15) is 36.0 Å². The van der Waals surface area contributed by atoms with Gasteiger partial charge in [-0.1, -0.05) is 0 Å². The zero-order valence-corrected chi connectivity index (χ0v) is 16.7. The molecule has 2 N–H and O–H groups in total. The van der Waals surface area contributed by atoms with Gasteiger partial charge in [-0.3, -0.25) is 14.7 Å². The molecule has 0 radical (unpaired) electrons. The molecule has 0 bridgehead atoms. The van der Waals surface area contributed by atoms with E-state index in [0.29, 0.717) is 38.5 Å². The summed E-state index contributed by atoms with van der Waals surface area (Å²) >= 11 is 1.59. The summed E-state index contributed by atoms with van der Waals surface area (Å²) in [5.41, 5.74) is 1.02. The topological polar surface area (TPSA) is 100 Å². The molecule has 0 unspecified atom stereocenters. The van der Waals surface area contributed by atoms with Crippen molar-refractivity contribution in [3.63, 3.8) is 0 Å². The summed E-state index contributed by atoms with van der Waals surface area (Å²) in [5, 5.41) is 14.3. The van der Waals surface area contributed by atoms with E-state index in [1.165, 1.54) is 0 Å². The van der Waals surface area contributed by atoms with Crippen molar-refractivity contribution in [2.24, 2.45) is 5.92 Å². The zero-order valence-electron chi connectivity index (χ0n) is 15.9. The number of nitrogens with one attached hydrogen (secondary N) is 2. The monoisotopic (exact) mass is 403 g/mol. The van der Waals surface area contributed by atoms with Gasteiger partial charge < -0.3 is 15.0 Å². The summed E-state index contributed by atoms with van der Waals surface area (Å²) in [7, 11) is 0. The summed E-state index contributed by atoms with van der Waals surface area (Å²) in [6, 6.07) is 1.79. The average Bonchev–Trinajstić information content (AvgIpc) is 3.44. The highest BCUT2D eigenvalue weighted by molar-refractivity contribution is 7.08. The molecule has 0 aliphatic carbocycles. The number of carbonyl (C=O) groups excluding carboxylic acids is 2. The van der Waals surface area contributed by atoms with Crippen molar-refractivity contribution in [2.75, 3.05) is 26.3 Å². The predicted octanol–water partition coefficient (Wildman–Crippen LogP) is 1.25. The van der Waals surface area contributed by atoms with Gasteiger partial charge in [-0.2, -0.15) is 16.4 Å². The first-order valence-electron chi connectivity index (χ1n) is 9.66. The van der Waals surface area contributed by atoms with E-state index >= 15 is 0 Å². The molecule has 8 nitrogen and oxygen atoms in total. The van der Waals surface area contributed by atoms with Crippen molar-refractivity contribution < 1.29 is 14.3 Å². The van der Waals surface area contributed by atoms with E-state index in [1.807, 2.05) is 28.7 Å². The fourth-order valence-electron chi connectivity index (χ4n) is 3.88. The largest absolute Gasteiger partial charge is 0.381 e. The van der Waals surface area contributed by atoms with Crippen molar-refractivity contribution in [2.45, 2.75) is 38.1 Å². The Hall–Kier alpha value is -2.26. The third-order valence-corrected chi connectivity index (χ3v) is 6.21. The number of rotatable bonds is 5. The van der Waals surface area contributed by atoms with Gasteiger partial charge in [-0.05, 0) is 42.2 Å². The molecule has 2 aromatic heterocycles. The van der Waals surface area contributed by atoms with Crippen LogP contribution in [0.25, 0.3) is 0 Å². The molecule has 2 aliphatic rings. The van der Waals surface area contributed by atoms with Crippen LogP contribution in [-0.2, 0) is 20.7 Å². The number of ether oxygens (including phenoxy) is 1. The average molecular weight is 404 g/mol. The molecule has 9 heteroatoms. The highest BCUT2D eigenvalue weighted by atomic mass is 32.1. The maximum Gasteiger partial charge on any atom is 0.227 e. The lowest BCUT2D eigenvalue weighted by Gasteiger charge is -2.24. The molecule has 0 aromatic carbocycles. The lowest BCUT2D eigenvalue weighted by Crippen LogP contribution is -2.44. The Bertz CT molecular complexity index is 815. The molecule has 4 heterocycles. The van der Waals surface area contributed by atoms with Crippen molar-refractivity contribution in [3.8, 4) is 0 Å². The molecular formula is C19H25N5O3S. The molecule has 4 rings (SSSR count). The fourth-order valence-corrected chi connectivity index (χ4v) is 4.55. The lowest BCUT2D eigenvalue weighted by molar-refractivity contribution is -0.131. The van der Waals surface area contributed by atoms with Crippen molar-refractivity contribution >= 4 is 23.2 Å².